The Bertz CT molecular complexity index is 686. The minimum absolute atomic E-state index is 0.536. The standard InChI is InChI=1S/C18H21N3/c1-13-6-5-7-15(10-13)21(2)18-11-14(12-19)16-8-3-4-9-17(16)20-18/h3-4,8-9,11,13,15H,5-7,10H2,1-2H3. The highest BCUT2D eigenvalue weighted by Crippen LogP contribution is 2.30. The van der Waals surface area contributed by atoms with Gasteiger partial charge < -0.3 is 4.90 Å². The van der Waals surface area contributed by atoms with Gasteiger partial charge in [-0.1, -0.05) is 38.0 Å². The monoisotopic (exact) mass is 279 g/mol. The summed E-state index contributed by atoms with van der Waals surface area (Å²) in [6.07, 6.45) is 5.05. The van der Waals surface area contributed by atoms with Crippen molar-refractivity contribution in [2.45, 2.75) is 38.6 Å². The summed E-state index contributed by atoms with van der Waals surface area (Å²) in [6.45, 7) is 2.33. The summed E-state index contributed by atoms with van der Waals surface area (Å²) in [4.78, 5) is 7.03. The molecule has 21 heavy (non-hydrogen) atoms. The molecule has 0 spiro atoms. The average Bonchev–Trinajstić information content (AvgIpc) is 2.53. The van der Waals surface area contributed by atoms with Crippen LogP contribution in [0.4, 0.5) is 5.82 Å². The molecule has 1 fully saturated rings. The van der Waals surface area contributed by atoms with Gasteiger partial charge in [-0.25, -0.2) is 4.98 Å². The number of nitrogens with zero attached hydrogens (tertiary/aromatic N) is 3. The maximum absolute atomic E-state index is 9.40. The zero-order valence-corrected chi connectivity index (χ0v) is 12.7. The van der Waals surface area contributed by atoms with E-state index in [1.54, 1.807) is 0 Å². The van der Waals surface area contributed by atoms with Crippen molar-refractivity contribution in [2.75, 3.05) is 11.9 Å². The van der Waals surface area contributed by atoms with Gasteiger partial charge >= 0.3 is 0 Å². The van der Waals surface area contributed by atoms with E-state index < -0.39 is 0 Å². The lowest BCUT2D eigenvalue weighted by molar-refractivity contribution is 0.335. The van der Waals surface area contributed by atoms with Crippen molar-refractivity contribution in [2.24, 2.45) is 5.92 Å². The molecule has 0 saturated heterocycles. The Hall–Kier alpha value is -2.08. The van der Waals surface area contributed by atoms with Crippen molar-refractivity contribution in [3.8, 4) is 6.07 Å². The molecule has 3 nitrogen and oxygen atoms in total. The number of pyridine rings is 1. The Kier molecular flexibility index (Phi) is 3.79. The summed E-state index contributed by atoms with van der Waals surface area (Å²) >= 11 is 0. The van der Waals surface area contributed by atoms with E-state index in [1.807, 2.05) is 30.3 Å². The first-order valence-electron chi connectivity index (χ1n) is 7.71. The quantitative estimate of drug-likeness (QED) is 0.830. The van der Waals surface area contributed by atoms with Crippen molar-refractivity contribution < 1.29 is 0 Å². The van der Waals surface area contributed by atoms with Crippen LogP contribution in [0.3, 0.4) is 0 Å². The van der Waals surface area contributed by atoms with Gasteiger partial charge in [0.1, 0.15) is 5.82 Å². The first kappa shape index (κ1) is 13.9. The van der Waals surface area contributed by atoms with Crippen LogP contribution < -0.4 is 4.90 Å². The van der Waals surface area contributed by atoms with Gasteiger partial charge in [-0.15, -0.1) is 0 Å². The molecule has 2 unspecified atom stereocenters. The Labute approximate surface area is 126 Å². The van der Waals surface area contributed by atoms with Gasteiger partial charge in [0.05, 0.1) is 17.1 Å². The number of benzene rings is 1. The maximum atomic E-state index is 9.40. The number of anilines is 1. The van der Waals surface area contributed by atoms with Gasteiger partial charge in [-0.05, 0) is 30.9 Å². The molecule has 1 saturated carbocycles. The van der Waals surface area contributed by atoms with Crippen molar-refractivity contribution in [3.63, 3.8) is 0 Å². The Morgan fingerprint density at radius 2 is 2.10 bits per heavy atom. The average molecular weight is 279 g/mol. The molecule has 3 rings (SSSR count). The highest BCUT2D eigenvalue weighted by atomic mass is 15.2. The molecule has 0 aliphatic heterocycles. The van der Waals surface area contributed by atoms with Crippen LogP contribution in [0.25, 0.3) is 10.9 Å². The molecule has 1 aromatic heterocycles. The third-order valence-corrected chi connectivity index (χ3v) is 4.64. The summed E-state index contributed by atoms with van der Waals surface area (Å²) in [5.74, 6) is 1.70. The molecule has 2 atom stereocenters. The smallest absolute Gasteiger partial charge is 0.130 e. The number of fused-ring (bicyclic) bond motifs is 1. The lowest BCUT2D eigenvalue weighted by Crippen LogP contribution is -2.36. The molecule has 0 amide bonds. The van der Waals surface area contributed by atoms with E-state index in [-0.39, 0.29) is 0 Å². The van der Waals surface area contributed by atoms with Gasteiger partial charge in [0.15, 0.2) is 0 Å². The Morgan fingerprint density at radius 3 is 2.86 bits per heavy atom. The number of hydrogen-bond donors (Lipinski definition) is 0. The van der Waals surface area contributed by atoms with E-state index in [9.17, 15) is 5.26 Å². The third-order valence-electron chi connectivity index (χ3n) is 4.64. The molecule has 0 N–H and O–H groups in total. The molecule has 1 aliphatic carbocycles. The van der Waals surface area contributed by atoms with E-state index in [0.717, 1.165) is 22.6 Å². The summed E-state index contributed by atoms with van der Waals surface area (Å²) in [7, 11) is 2.11. The van der Waals surface area contributed by atoms with E-state index in [2.05, 4.69) is 24.9 Å². The fourth-order valence-electron chi connectivity index (χ4n) is 3.38. The van der Waals surface area contributed by atoms with E-state index in [0.29, 0.717) is 11.6 Å². The topological polar surface area (TPSA) is 39.9 Å². The van der Waals surface area contributed by atoms with Gasteiger partial charge in [0, 0.05) is 18.5 Å². The highest BCUT2D eigenvalue weighted by molar-refractivity contribution is 5.86. The second kappa shape index (κ2) is 5.73. The van der Waals surface area contributed by atoms with Crippen molar-refractivity contribution in [3.05, 3.63) is 35.9 Å². The third kappa shape index (κ3) is 2.71. The predicted molar refractivity (Wildman–Crippen MR) is 86.3 cm³/mol. The second-order valence-corrected chi connectivity index (χ2v) is 6.19. The van der Waals surface area contributed by atoms with E-state index >= 15 is 0 Å². The fourth-order valence-corrected chi connectivity index (χ4v) is 3.38. The van der Waals surface area contributed by atoms with E-state index in [4.69, 9.17) is 4.98 Å². The number of rotatable bonds is 2. The number of aromatic nitrogens is 1. The predicted octanol–water partition coefficient (Wildman–Crippen LogP) is 4.12. The first-order chi connectivity index (χ1) is 10.2. The molecule has 2 aromatic rings. The van der Waals surface area contributed by atoms with Gasteiger partial charge in [0.25, 0.3) is 0 Å². The van der Waals surface area contributed by atoms with Crippen LogP contribution >= 0.6 is 0 Å². The van der Waals surface area contributed by atoms with Crippen LogP contribution in [0.2, 0.25) is 0 Å². The summed E-state index contributed by atoms with van der Waals surface area (Å²) in [6, 6.07) is 12.7. The van der Waals surface area contributed by atoms with Gasteiger partial charge in [-0.3, -0.25) is 0 Å². The summed E-state index contributed by atoms with van der Waals surface area (Å²) in [5.41, 5.74) is 1.62. The van der Waals surface area contributed by atoms with Gasteiger partial charge in [-0.2, -0.15) is 5.26 Å². The van der Waals surface area contributed by atoms with Crippen LogP contribution in [0.5, 0.6) is 0 Å². The lowest BCUT2D eigenvalue weighted by Gasteiger charge is -2.35. The van der Waals surface area contributed by atoms with Crippen molar-refractivity contribution in [1.29, 1.82) is 5.26 Å². The maximum Gasteiger partial charge on any atom is 0.130 e. The van der Waals surface area contributed by atoms with Crippen LogP contribution in [-0.2, 0) is 0 Å². The number of nitriles is 1. The first-order valence-corrected chi connectivity index (χ1v) is 7.71. The van der Waals surface area contributed by atoms with Crippen LogP contribution in [0.1, 0.15) is 38.2 Å². The van der Waals surface area contributed by atoms with Gasteiger partial charge in [0.2, 0.25) is 0 Å². The molecule has 1 heterocycles. The van der Waals surface area contributed by atoms with Crippen LogP contribution in [0.15, 0.2) is 30.3 Å². The molecule has 1 aliphatic rings. The van der Waals surface area contributed by atoms with Crippen LogP contribution in [0, 0.1) is 17.2 Å². The molecule has 108 valence electrons. The Balaban J connectivity index is 1.98. The molecule has 3 heteroatoms. The number of para-hydroxylation sites is 1. The fraction of sp³-hybridized carbons (Fsp3) is 0.444. The normalized spacial score (nSPS) is 22.0. The summed E-state index contributed by atoms with van der Waals surface area (Å²) < 4.78 is 0. The molecular weight excluding hydrogens is 258 g/mol. The lowest BCUT2D eigenvalue weighted by atomic mass is 9.86. The van der Waals surface area contributed by atoms with Crippen molar-refractivity contribution >= 4 is 16.7 Å². The van der Waals surface area contributed by atoms with Crippen LogP contribution in [-0.4, -0.2) is 18.1 Å². The molecular formula is C18H21N3. The minimum atomic E-state index is 0.536. The number of hydrogen-bond acceptors (Lipinski definition) is 3. The molecule has 0 bridgehead atoms. The molecule has 1 aromatic carbocycles. The minimum Gasteiger partial charge on any atom is -0.357 e. The molecule has 0 radical (unpaired) electrons. The summed E-state index contributed by atoms with van der Waals surface area (Å²) in [5, 5.41) is 10.3. The largest absolute Gasteiger partial charge is 0.357 e. The zero-order valence-electron chi connectivity index (χ0n) is 12.7. The highest BCUT2D eigenvalue weighted by Gasteiger charge is 2.23. The second-order valence-electron chi connectivity index (χ2n) is 6.19. The zero-order chi connectivity index (χ0) is 14.8. The van der Waals surface area contributed by atoms with Crippen molar-refractivity contribution in [1.82, 2.24) is 4.98 Å². The Morgan fingerprint density at radius 1 is 1.29 bits per heavy atom. The SMILES string of the molecule is CC1CCCC(N(C)c2cc(C#N)c3ccccc3n2)C1. The van der Waals surface area contributed by atoms with E-state index in [1.165, 1.54) is 25.7 Å².